The summed E-state index contributed by atoms with van der Waals surface area (Å²) in [5, 5.41) is 7.46. The Balaban J connectivity index is 1.28. The number of aromatic nitrogens is 3. The molecule has 0 aromatic carbocycles. The molecule has 0 fully saturated rings. The summed E-state index contributed by atoms with van der Waals surface area (Å²) in [4.78, 5) is 34.2. The van der Waals surface area contributed by atoms with Gasteiger partial charge in [0.2, 0.25) is 5.91 Å². The molecule has 4 rings (SSSR count). The van der Waals surface area contributed by atoms with E-state index in [4.69, 9.17) is 4.52 Å². The maximum atomic E-state index is 12.5. The van der Waals surface area contributed by atoms with Gasteiger partial charge in [0.15, 0.2) is 0 Å². The Morgan fingerprint density at radius 3 is 3.07 bits per heavy atom. The topological polar surface area (TPSA) is 101 Å². The van der Waals surface area contributed by atoms with Gasteiger partial charge < -0.3 is 14.8 Å². The molecule has 28 heavy (non-hydrogen) atoms. The van der Waals surface area contributed by atoms with Gasteiger partial charge >= 0.3 is 0 Å². The number of rotatable bonds is 7. The number of hydrogen-bond donors (Lipinski definition) is 2. The van der Waals surface area contributed by atoms with Crippen LogP contribution in [0.15, 0.2) is 15.4 Å². The van der Waals surface area contributed by atoms with Crippen molar-refractivity contribution in [1.82, 2.24) is 20.4 Å². The number of carbonyl (C=O) groups is 1. The standard InChI is InChI=1S/C19H22N4O3S2/c1-11-8-12(23-26-11)9-20-16(24)6-7-27-10-15-21-18(25)17-13-4-2-3-5-14(13)28-19(17)22-15/h8H,2-7,9-10H2,1H3,(H,20,24)(H,21,22,25). The zero-order valence-electron chi connectivity index (χ0n) is 15.7. The van der Waals surface area contributed by atoms with E-state index in [1.165, 1.54) is 16.9 Å². The van der Waals surface area contributed by atoms with E-state index >= 15 is 0 Å². The Bertz CT molecular complexity index is 1050. The van der Waals surface area contributed by atoms with Crippen LogP contribution in [0.25, 0.3) is 10.2 Å². The Morgan fingerprint density at radius 2 is 2.25 bits per heavy atom. The average Bonchev–Trinajstić information content (AvgIpc) is 3.26. The Morgan fingerprint density at radius 1 is 1.39 bits per heavy atom. The van der Waals surface area contributed by atoms with E-state index in [0.29, 0.717) is 36.0 Å². The SMILES string of the molecule is Cc1cc(CNC(=O)CCSCc2nc3sc4c(c3c(=O)[nH]2)CCCC4)no1. The number of aryl methyl sites for hydroxylation is 3. The van der Waals surface area contributed by atoms with Gasteiger partial charge in [0.05, 0.1) is 17.7 Å². The van der Waals surface area contributed by atoms with Crippen LogP contribution in [0.1, 0.15) is 47.0 Å². The Hall–Kier alpha value is -2.13. The van der Waals surface area contributed by atoms with Crippen LogP contribution in [0.3, 0.4) is 0 Å². The largest absolute Gasteiger partial charge is 0.361 e. The summed E-state index contributed by atoms with van der Waals surface area (Å²) in [5.41, 5.74) is 1.89. The summed E-state index contributed by atoms with van der Waals surface area (Å²) in [6.07, 6.45) is 4.79. The molecule has 1 amide bonds. The highest BCUT2D eigenvalue weighted by molar-refractivity contribution is 7.98. The fourth-order valence-electron chi connectivity index (χ4n) is 3.39. The number of hydrogen-bond acceptors (Lipinski definition) is 7. The highest BCUT2D eigenvalue weighted by atomic mass is 32.2. The lowest BCUT2D eigenvalue weighted by molar-refractivity contribution is -0.120. The minimum absolute atomic E-state index is 0.0272. The van der Waals surface area contributed by atoms with Crippen molar-refractivity contribution < 1.29 is 9.32 Å². The summed E-state index contributed by atoms with van der Waals surface area (Å²) in [7, 11) is 0. The first kappa shape index (κ1) is 19.2. The van der Waals surface area contributed by atoms with Crippen LogP contribution in [0, 0.1) is 6.92 Å². The second-order valence-corrected chi connectivity index (χ2v) is 9.10. The van der Waals surface area contributed by atoms with Crippen molar-refractivity contribution in [1.29, 1.82) is 0 Å². The number of H-pyrrole nitrogens is 1. The lowest BCUT2D eigenvalue weighted by Gasteiger charge is -2.09. The molecule has 3 aromatic rings. The maximum absolute atomic E-state index is 12.5. The minimum atomic E-state index is -0.0315. The molecule has 148 valence electrons. The third-order valence-electron chi connectivity index (χ3n) is 4.73. The van der Waals surface area contributed by atoms with Gasteiger partial charge in [-0.25, -0.2) is 4.98 Å². The van der Waals surface area contributed by atoms with E-state index in [1.54, 1.807) is 29.2 Å². The first-order valence-corrected chi connectivity index (χ1v) is 11.4. The van der Waals surface area contributed by atoms with Crippen molar-refractivity contribution in [3.63, 3.8) is 0 Å². The van der Waals surface area contributed by atoms with E-state index < -0.39 is 0 Å². The first-order valence-electron chi connectivity index (χ1n) is 9.40. The van der Waals surface area contributed by atoms with Crippen LogP contribution in [0.2, 0.25) is 0 Å². The van der Waals surface area contributed by atoms with Crippen molar-refractivity contribution in [2.75, 3.05) is 5.75 Å². The molecule has 7 nitrogen and oxygen atoms in total. The Kier molecular flexibility index (Phi) is 5.82. The van der Waals surface area contributed by atoms with E-state index in [9.17, 15) is 9.59 Å². The maximum Gasteiger partial charge on any atom is 0.259 e. The van der Waals surface area contributed by atoms with Crippen molar-refractivity contribution in [3.8, 4) is 0 Å². The van der Waals surface area contributed by atoms with Gasteiger partial charge in [-0.3, -0.25) is 9.59 Å². The zero-order chi connectivity index (χ0) is 19.5. The summed E-state index contributed by atoms with van der Waals surface area (Å²) in [6.45, 7) is 2.19. The molecule has 0 unspecified atom stereocenters. The predicted octanol–water partition coefficient (Wildman–Crippen LogP) is 3.10. The van der Waals surface area contributed by atoms with Crippen molar-refractivity contribution in [2.45, 2.75) is 51.3 Å². The third-order valence-corrected chi connectivity index (χ3v) is 6.89. The van der Waals surface area contributed by atoms with Gasteiger partial charge in [0.1, 0.15) is 22.1 Å². The molecule has 3 heterocycles. The van der Waals surface area contributed by atoms with E-state index in [1.807, 2.05) is 6.92 Å². The lowest BCUT2D eigenvalue weighted by Crippen LogP contribution is -2.23. The quantitative estimate of drug-likeness (QED) is 0.572. The van der Waals surface area contributed by atoms with Crippen molar-refractivity contribution in [2.24, 2.45) is 0 Å². The first-order chi connectivity index (χ1) is 13.6. The van der Waals surface area contributed by atoms with Gasteiger partial charge in [-0.15, -0.1) is 11.3 Å². The van der Waals surface area contributed by atoms with E-state index in [-0.39, 0.29) is 11.5 Å². The number of nitrogens with zero attached hydrogens (tertiary/aromatic N) is 2. The summed E-state index contributed by atoms with van der Waals surface area (Å²) in [5.74, 6) is 2.62. The van der Waals surface area contributed by atoms with Crippen LogP contribution >= 0.6 is 23.1 Å². The molecule has 9 heteroatoms. The summed E-state index contributed by atoms with van der Waals surface area (Å²) >= 11 is 3.25. The second kappa shape index (κ2) is 8.48. The highest BCUT2D eigenvalue weighted by Crippen LogP contribution is 2.33. The minimum Gasteiger partial charge on any atom is -0.361 e. The Labute approximate surface area is 170 Å². The molecule has 0 bridgehead atoms. The summed E-state index contributed by atoms with van der Waals surface area (Å²) in [6, 6.07) is 1.80. The zero-order valence-corrected chi connectivity index (χ0v) is 17.3. The smallest absolute Gasteiger partial charge is 0.259 e. The molecule has 1 aliphatic carbocycles. The van der Waals surface area contributed by atoms with Crippen LogP contribution in [0.4, 0.5) is 0 Å². The van der Waals surface area contributed by atoms with Crippen LogP contribution < -0.4 is 10.9 Å². The third kappa shape index (κ3) is 4.30. The molecule has 0 radical (unpaired) electrons. The molecule has 3 aromatic heterocycles. The predicted molar refractivity (Wildman–Crippen MR) is 111 cm³/mol. The molecular weight excluding hydrogens is 396 g/mol. The van der Waals surface area contributed by atoms with E-state index in [2.05, 4.69) is 20.4 Å². The number of aromatic amines is 1. The molecule has 0 aliphatic heterocycles. The van der Waals surface area contributed by atoms with Crippen molar-refractivity contribution >= 4 is 39.2 Å². The second-order valence-electron chi connectivity index (χ2n) is 6.91. The fraction of sp³-hybridized carbons (Fsp3) is 0.474. The molecule has 1 aliphatic rings. The lowest BCUT2D eigenvalue weighted by atomic mass is 9.97. The van der Waals surface area contributed by atoms with Gasteiger partial charge in [0.25, 0.3) is 5.56 Å². The number of amides is 1. The van der Waals surface area contributed by atoms with Gasteiger partial charge in [0, 0.05) is 23.1 Å². The molecule has 0 atom stereocenters. The molecular formula is C19H22N4O3S2. The monoisotopic (exact) mass is 418 g/mol. The number of fused-ring (bicyclic) bond motifs is 3. The molecule has 0 spiro atoms. The highest BCUT2D eigenvalue weighted by Gasteiger charge is 2.19. The van der Waals surface area contributed by atoms with Gasteiger partial charge in [-0.05, 0) is 38.2 Å². The average molecular weight is 419 g/mol. The number of thioether (sulfide) groups is 1. The van der Waals surface area contributed by atoms with Gasteiger partial charge in [-0.2, -0.15) is 11.8 Å². The van der Waals surface area contributed by atoms with E-state index in [0.717, 1.165) is 35.2 Å². The number of thiophene rings is 1. The molecule has 0 saturated heterocycles. The summed E-state index contributed by atoms with van der Waals surface area (Å²) < 4.78 is 4.97. The molecule has 2 N–H and O–H groups in total. The molecule has 0 saturated carbocycles. The normalized spacial score (nSPS) is 13.6. The van der Waals surface area contributed by atoms with Crippen molar-refractivity contribution in [3.05, 3.63) is 44.1 Å². The fourth-order valence-corrected chi connectivity index (χ4v) is 5.47. The van der Waals surface area contributed by atoms with Gasteiger partial charge in [-0.1, -0.05) is 5.16 Å². The van der Waals surface area contributed by atoms with Crippen LogP contribution in [-0.2, 0) is 29.9 Å². The van der Waals surface area contributed by atoms with Crippen LogP contribution in [-0.4, -0.2) is 26.8 Å². The number of carbonyl (C=O) groups excluding carboxylic acids is 1. The number of nitrogens with one attached hydrogen (secondary N) is 2. The van der Waals surface area contributed by atoms with Crippen LogP contribution in [0.5, 0.6) is 0 Å².